The Morgan fingerprint density at radius 2 is 1.86 bits per heavy atom. The summed E-state index contributed by atoms with van der Waals surface area (Å²) in [4.78, 5) is 51.6. The topological polar surface area (TPSA) is 114 Å². The molecule has 192 valence electrons. The first-order chi connectivity index (χ1) is 17.2. The number of ether oxygens (including phenoxy) is 2. The maximum Gasteiger partial charge on any atom is 0.337 e. The molecule has 1 unspecified atom stereocenters. The Morgan fingerprint density at radius 3 is 2.50 bits per heavy atom. The Bertz CT molecular complexity index is 1120. The summed E-state index contributed by atoms with van der Waals surface area (Å²) in [7, 11) is 2.84. The molecule has 0 saturated carbocycles. The highest BCUT2D eigenvalue weighted by molar-refractivity contribution is 6.30. The Kier molecular flexibility index (Phi) is 9.30. The number of Topliss-reactive ketones (excluding diaryl/α,β-unsaturated/α-hetero) is 1. The molecule has 10 heteroatoms. The summed E-state index contributed by atoms with van der Waals surface area (Å²) < 4.78 is 10.1. The molecule has 1 aliphatic rings. The van der Waals surface area contributed by atoms with Crippen LogP contribution < -0.4 is 15.4 Å². The number of ketones is 1. The average molecular weight is 516 g/mol. The summed E-state index contributed by atoms with van der Waals surface area (Å²) in [5, 5.41) is 6.15. The number of halogens is 1. The van der Waals surface area contributed by atoms with E-state index in [1.54, 1.807) is 42.5 Å². The van der Waals surface area contributed by atoms with Crippen molar-refractivity contribution in [2.45, 2.75) is 25.8 Å². The van der Waals surface area contributed by atoms with Crippen LogP contribution in [0.1, 0.15) is 40.9 Å². The van der Waals surface area contributed by atoms with E-state index in [2.05, 4.69) is 10.6 Å². The Balaban J connectivity index is 1.72. The van der Waals surface area contributed by atoms with E-state index in [1.165, 1.54) is 19.1 Å². The lowest BCUT2D eigenvalue weighted by molar-refractivity contribution is -0.128. The van der Waals surface area contributed by atoms with Crippen molar-refractivity contribution in [3.63, 3.8) is 0 Å². The van der Waals surface area contributed by atoms with Gasteiger partial charge in [-0.15, -0.1) is 0 Å². The molecule has 2 aromatic rings. The Hall–Kier alpha value is -3.59. The molecule has 3 rings (SSSR count). The summed E-state index contributed by atoms with van der Waals surface area (Å²) >= 11 is 6.12. The lowest BCUT2D eigenvalue weighted by atomic mass is 9.93. The molecule has 1 aliphatic heterocycles. The van der Waals surface area contributed by atoms with Crippen molar-refractivity contribution in [3.8, 4) is 5.75 Å². The van der Waals surface area contributed by atoms with Gasteiger partial charge in [-0.1, -0.05) is 30.7 Å². The van der Waals surface area contributed by atoms with Gasteiger partial charge in [-0.2, -0.15) is 0 Å². The monoisotopic (exact) mass is 515 g/mol. The minimum absolute atomic E-state index is 0.160. The quantitative estimate of drug-likeness (QED) is 0.547. The molecule has 0 bridgehead atoms. The third kappa shape index (κ3) is 6.75. The van der Waals surface area contributed by atoms with Gasteiger partial charge in [0.25, 0.3) is 0 Å². The second kappa shape index (κ2) is 12.4. The zero-order chi connectivity index (χ0) is 26.2. The molecule has 2 N–H and O–H groups in total. The summed E-state index contributed by atoms with van der Waals surface area (Å²) in [5.41, 5.74) is 1.93. The highest BCUT2D eigenvalue weighted by atomic mass is 35.5. The highest BCUT2D eigenvalue weighted by Gasteiger charge is 2.30. The fourth-order valence-corrected chi connectivity index (χ4v) is 4.28. The maximum atomic E-state index is 13.1. The molecule has 2 aromatic carbocycles. The first-order valence-electron chi connectivity index (χ1n) is 11.6. The third-order valence-corrected chi connectivity index (χ3v) is 6.35. The number of methoxy groups -OCH3 is 2. The van der Waals surface area contributed by atoms with Gasteiger partial charge in [0.2, 0.25) is 5.91 Å². The largest absolute Gasteiger partial charge is 0.496 e. The molecule has 9 nitrogen and oxygen atoms in total. The summed E-state index contributed by atoms with van der Waals surface area (Å²) in [5.74, 6) is -0.934. The van der Waals surface area contributed by atoms with Gasteiger partial charge in [0.05, 0.1) is 32.4 Å². The number of hydrogen-bond acceptors (Lipinski definition) is 6. The zero-order valence-electron chi connectivity index (χ0n) is 20.5. The van der Waals surface area contributed by atoms with Crippen LogP contribution in [0.3, 0.4) is 0 Å². The highest BCUT2D eigenvalue weighted by Crippen LogP contribution is 2.26. The molecule has 0 aromatic heterocycles. The van der Waals surface area contributed by atoms with Gasteiger partial charge in [0.15, 0.2) is 5.78 Å². The smallest absolute Gasteiger partial charge is 0.337 e. The van der Waals surface area contributed by atoms with Gasteiger partial charge in [0.1, 0.15) is 12.3 Å². The van der Waals surface area contributed by atoms with Crippen molar-refractivity contribution >= 4 is 35.3 Å². The lowest BCUT2D eigenvalue weighted by Gasteiger charge is -2.29. The van der Waals surface area contributed by atoms with E-state index in [-0.39, 0.29) is 37.4 Å². The summed E-state index contributed by atoms with van der Waals surface area (Å²) in [6, 6.07) is 11.0. The SMILES string of the molecule is CCC(NC(=O)N1CC(=O)NC[C@@H](Cc2cc(Cl)ccc2OC)C(=O)C1)c1ccc(C(=O)OC)cc1. The normalized spacial score (nSPS) is 16.9. The van der Waals surface area contributed by atoms with Crippen molar-refractivity contribution in [2.24, 2.45) is 5.92 Å². The van der Waals surface area contributed by atoms with Gasteiger partial charge in [0, 0.05) is 17.5 Å². The van der Waals surface area contributed by atoms with Crippen LogP contribution in [0.2, 0.25) is 5.02 Å². The fraction of sp³-hybridized carbons (Fsp3) is 0.385. The van der Waals surface area contributed by atoms with E-state index in [0.717, 1.165) is 11.1 Å². The summed E-state index contributed by atoms with van der Waals surface area (Å²) in [6.45, 7) is 1.62. The number of nitrogens with zero attached hydrogens (tertiary/aromatic N) is 1. The van der Waals surface area contributed by atoms with Gasteiger partial charge in [-0.25, -0.2) is 9.59 Å². The number of carbonyl (C=O) groups excluding carboxylic acids is 4. The number of rotatable bonds is 7. The molecule has 0 radical (unpaired) electrons. The standard InChI is InChI=1S/C26H30ClN3O6/c1-4-21(16-5-7-17(8-6-16)25(33)36-3)29-26(34)30-14-22(31)19(13-28-24(32)15-30)11-18-12-20(27)9-10-23(18)35-2/h5-10,12,19,21H,4,11,13-15H2,1-3H3,(H,28,32)(H,29,34)/t19-,21?/m1/s1. The molecular weight excluding hydrogens is 486 g/mol. The maximum absolute atomic E-state index is 13.1. The molecule has 36 heavy (non-hydrogen) atoms. The van der Waals surface area contributed by atoms with Crippen LogP contribution in [0.5, 0.6) is 5.75 Å². The van der Waals surface area contributed by atoms with Crippen LogP contribution in [-0.4, -0.2) is 62.4 Å². The van der Waals surface area contributed by atoms with Crippen molar-refractivity contribution in [1.29, 1.82) is 0 Å². The Labute approximate surface area is 215 Å². The second-order valence-electron chi connectivity index (χ2n) is 8.51. The van der Waals surface area contributed by atoms with Crippen LogP contribution >= 0.6 is 11.6 Å². The molecule has 1 fully saturated rings. The molecule has 2 atom stereocenters. The lowest BCUT2D eigenvalue weighted by Crippen LogP contribution is -2.53. The van der Waals surface area contributed by atoms with Crippen molar-refractivity contribution < 1.29 is 28.7 Å². The van der Waals surface area contributed by atoms with E-state index in [4.69, 9.17) is 21.1 Å². The Morgan fingerprint density at radius 1 is 1.14 bits per heavy atom. The predicted octanol–water partition coefficient (Wildman–Crippen LogP) is 3.16. The number of urea groups is 1. The number of carbonyl (C=O) groups is 4. The minimum atomic E-state index is -0.551. The first kappa shape index (κ1) is 27.0. The molecule has 1 heterocycles. The summed E-state index contributed by atoms with van der Waals surface area (Å²) in [6.07, 6.45) is 0.872. The minimum Gasteiger partial charge on any atom is -0.496 e. The predicted molar refractivity (Wildman–Crippen MR) is 134 cm³/mol. The van der Waals surface area contributed by atoms with Crippen LogP contribution in [0.25, 0.3) is 0 Å². The molecule has 0 spiro atoms. The van der Waals surface area contributed by atoms with E-state index in [0.29, 0.717) is 29.2 Å². The number of benzene rings is 2. The first-order valence-corrected chi connectivity index (χ1v) is 12.0. The van der Waals surface area contributed by atoms with Gasteiger partial charge in [-0.05, 0) is 54.3 Å². The van der Waals surface area contributed by atoms with Gasteiger partial charge < -0.3 is 25.0 Å². The van der Waals surface area contributed by atoms with Crippen LogP contribution in [0, 0.1) is 5.92 Å². The van der Waals surface area contributed by atoms with Gasteiger partial charge >= 0.3 is 12.0 Å². The average Bonchev–Trinajstić information content (AvgIpc) is 2.88. The number of hydrogen-bond donors (Lipinski definition) is 2. The molecular formula is C26H30ClN3O6. The van der Waals surface area contributed by atoms with Crippen LogP contribution in [-0.2, 0) is 20.7 Å². The number of nitrogens with one attached hydrogen (secondary N) is 2. The van der Waals surface area contributed by atoms with E-state index < -0.39 is 17.9 Å². The van der Waals surface area contributed by atoms with Gasteiger partial charge in [-0.3, -0.25) is 9.59 Å². The third-order valence-electron chi connectivity index (χ3n) is 6.12. The van der Waals surface area contributed by atoms with E-state index >= 15 is 0 Å². The zero-order valence-corrected chi connectivity index (χ0v) is 21.3. The number of amides is 3. The van der Waals surface area contributed by atoms with E-state index in [9.17, 15) is 19.2 Å². The molecule has 3 amide bonds. The van der Waals surface area contributed by atoms with Crippen molar-refractivity contribution in [1.82, 2.24) is 15.5 Å². The fourth-order valence-electron chi connectivity index (χ4n) is 4.09. The van der Waals surface area contributed by atoms with E-state index in [1.807, 2.05) is 6.92 Å². The van der Waals surface area contributed by atoms with Crippen LogP contribution in [0.15, 0.2) is 42.5 Å². The number of esters is 1. The van der Waals surface area contributed by atoms with Crippen molar-refractivity contribution in [2.75, 3.05) is 33.9 Å². The second-order valence-corrected chi connectivity index (χ2v) is 8.94. The molecule has 1 saturated heterocycles. The molecule has 0 aliphatic carbocycles. The van der Waals surface area contributed by atoms with Crippen LogP contribution in [0.4, 0.5) is 4.79 Å². The van der Waals surface area contributed by atoms with Crippen molar-refractivity contribution in [3.05, 3.63) is 64.2 Å².